The summed E-state index contributed by atoms with van der Waals surface area (Å²) in [4.78, 5) is 18.3. The molecule has 5 nitrogen and oxygen atoms in total. The number of para-hydroxylation sites is 1. The Hall–Kier alpha value is -2.77. The highest BCUT2D eigenvalue weighted by Crippen LogP contribution is 2.27. The van der Waals surface area contributed by atoms with Crippen molar-refractivity contribution in [3.63, 3.8) is 0 Å². The molecule has 0 unspecified atom stereocenters. The summed E-state index contributed by atoms with van der Waals surface area (Å²) in [5.41, 5.74) is 3.34. The molecule has 148 valence electrons. The summed E-state index contributed by atoms with van der Waals surface area (Å²) < 4.78 is 1.77. The topological polar surface area (TPSA) is 59.8 Å². The van der Waals surface area contributed by atoms with Crippen LogP contribution in [0.1, 0.15) is 33.9 Å². The number of thiophene rings is 1. The smallest absolute Gasteiger partial charge is 0.255 e. The third-order valence-corrected chi connectivity index (χ3v) is 6.41. The summed E-state index contributed by atoms with van der Waals surface area (Å²) in [7, 11) is 0. The number of aryl methyl sites for hydroxylation is 2. The molecule has 0 fully saturated rings. The van der Waals surface area contributed by atoms with Gasteiger partial charge < -0.3 is 5.32 Å². The van der Waals surface area contributed by atoms with Gasteiger partial charge in [0.2, 0.25) is 0 Å². The van der Waals surface area contributed by atoms with E-state index < -0.39 is 0 Å². The first-order valence-corrected chi connectivity index (χ1v) is 11.3. The molecule has 0 spiro atoms. The van der Waals surface area contributed by atoms with E-state index in [0.29, 0.717) is 12.1 Å². The lowest BCUT2D eigenvalue weighted by molar-refractivity contribution is 0.0953. The Labute approximate surface area is 178 Å². The molecule has 0 aliphatic rings. The van der Waals surface area contributed by atoms with E-state index in [-0.39, 0.29) is 5.91 Å². The van der Waals surface area contributed by atoms with Crippen molar-refractivity contribution in [2.45, 2.75) is 26.2 Å². The summed E-state index contributed by atoms with van der Waals surface area (Å²) in [5, 5.41) is 13.0. The fraction of sp³-hybridized carbons (Fsp3) is 0.227. The van der Waals surface area contributed by atoms with E-state index in [9.17, 15) is 4.79 Å². The van der Waals surface area contributed by atoms with Gasteiger partial charge in [0.15, 0.2) is 0 Å². The van der Waals surface area contributed by atoms with Gasteiger partial charge in [0.05, 0.1) is 21.1 Å². The molecule has 4 aromatic rings. The van der Waals surface area contributed by atoms with Crippen LogP contribution in [0.4, 0.5) is 0 Å². The average Bonchev–Trinajstić information content (AvgIpc) is 3.49. The van der Waals surface area contributed by atoms with Crippen molar-refractivity contribution in [3.8, 4) is 16.3 Å². The molecule has 3 aromatic heterocycles. The molecule has 4 rings (SSSR count). The lowest BCUT2D eigenvalue weighted by Crippen LogP contribution is -2.24. The van der Waals surface area contributed by atoms with Crippen molar-refractivity contribution in [3.05, 3.63) is 75.7 Å². The zero-order valence-electron chi connectivity index (χ0n) is 16.2. The Morgan fingerprint density at radius 1 is 1.10 bits per heavy atom. The number of aromatic nitrogens is 3. The highest BCUT2D eigenvalue weighted by atomic mass is 32.1. The molecular formula is C22H22N4OS2. The zero-order chi connectivity index (χ0) is 20.1. The Balaban J connectivity index is 1.42. The molecule has 0 saturated heterocycles. The number of hydrogen-bond donors (Lipinski definition) is 1. The van der Waals surface area contributed by atoms with Crippen LogP contribution in [0.5, 0.6) is 0 Å². The second-order valence-corrected chi connectivity index (χ2v) is 8.63. The van der Waals surface area contributed by atoms with Gasteiger partial charge in [-0.25, -0.2) is 9.67 Å². The minimum absolute atomic E-state index is 0.0827. The van der Waals surface area contributed by atoms with E-state index in [4.69, 9.17) is 0 Å². The minimum Gasteiger partial charge on any atom is -0.352 e. The first-order chi connectivity index (χ1) is 14.2. The molecule has 0 bridgehead atoms. The van der Waals surface area contributed by atoms with Gasteiger partial charge in [0.1, 0.15) is 5.69 Å². The van der Waals surface area contributed by atoms with E-state index in [2.05, 4.69) is 20.8 Å². The largest absolute Gasteiger partial charge is 0.352 e. The lowest BCUT2D eigenvalue weighted by Gasteiger charge is -2.04. The second kappa shape index (κ2) is 9.15. The maximum Gasteiger partial charge on any atom is 0.255 e. The Bertz CT molecular complexity index is 1070. The molecule has 1 aromatic carbocycles. The van der Waals surface area contributed by atoms with Crippen LogP contribution >= 0.6 is 22.7 Å². The number of carbonyl (C=O) groups is 1. The van der Waals surface area contributed by atoms with Crippen LogP contribution in [0.3, 0.4) is 0 Å². The van der Waals surface area contributed by atoms with Crippen molar-refractivity contribution >= 4 is 28.6 Å². The van der Waals surface area contributed by atoms with Gasteiger partial charge in [-0.1, -0.05) is 24.3 Å². The molecule has 0 saturated carbocycles. The van der Waals surface area contributed by atoms with Crippen LogP contribution in [-0.4, -0.2) is 27.2 Å². The van der Waals surface area contributed by atoms with E-state index in [0.717, 1.165) is 46.2 Å². The summed E-state index contributed by atoms with van der Waals surface area (Å²) in [5.74, 6) is -0.0827. The number of benzene rings is 1. The van der Waals surface area contributed by atoms with Crippen molar-refractivity contribution < 1.29 is 4.79 Å². The maximum absolute atomic E-state index is 12.9. The summed E-state index contributed by atoms with van der Waals surface area (Å²) in [6, 6.07) is 13.8. The standard InChI is InChI=1S/C22H22N4OS2/c1-16-15-29-20(24-16)11-5-6-12-23-22(27)18-14-26(17-8-3-2-4-9-17)25-21(18)19-10-7-13-28-19/h2-4,7-10,13-15H,5-6,11-12H2,1H3,(H,23,27). The van der Waals surface area contributed by atoms with E-state index >= 15 is 0 Å². The number of thiazole rings is 1. The number of unbranched alkanes of at least 4 members (excludes halogenated alkanes) is 1. The van der Waals surface area contributed by atoms with Crippen LogP contribution in [0, 0.1) is 6.92 Å². The van der Waals surface area contributed by atoms with Gasteiger partial charge >= 0.3 is 0 Å². The predicted octanol–water partition coefficient (Wildman–Crippen LogP) is 5.12. The van der Waals surface area contributed by atoms with Crippen LogP contribution in [0.15, 0.2) is 59.4 Å². The minimum atomic E-state index is -0.0827. The number of nitrogens with one attached hydrogen (secondary N) is 1. The van der Waals surface area contributed by atoms with Crippen molar-refractivity contribution in [1.29, 1.82) is 0 Å². The molecule has 0 radical (unpaired) electrons. The number of carbonyl (C=O) groups excluding carboxylic acids is 1. The zero-order valence-corrected chi connectivity index (χ0v) is 17.8. The van der Waals surface area contributed by atoms with Crippen molar-refractivity contribution in [1.82, 2.24) is 20.1 Å². The Morgan fingerprint density at radius 2 is 1.97 bits per heavy atom. The molecule has 0 aliphatic heterocycles. The molecule has 0 aliphatic carbocycles. The number of nitrogens with zero attached hydrogens (tertiary/aromatic N) is 3. The van der Waals surface area contributed by atoms with Gasteiger partial charge in [-0.3, -0.25) is 4.79 Å². The van der Waals surface area contributed by atoms with E-state index in [1.807, 2.05) is 61.0 Å². The molecule has 1 amide bonds. The lowest BCUT2D eigenvalue weighted by atomic mass is 10.2. The quantitative estimate of drug-likeness (QED) is 0.401. The van der Waals surface area contributed by atoms with Crippen LogP contribution in [-0.2, 0) is 6.42 Å². The van der Waals surface area contributed by atoms with E-state index in [1.54, 1.807) is 27.4 Å². The van der Waals surface area contributed by atoms with Gasteiger partial charge in [-0.2, -0.15) is 5.10 Å². The third kappa shape index (κ3) is 4.81. The Kier molecular flexibility index (Phi) is 6.17. The fourth-order valence-corrected chi connectivity index (χ4v) is 4.61. The van der Waals surface area contributed by atoms with Crippen LogP contribution in [0.2, 0.25) is 0 Å². The average molecular weight is 423 g/mol. The van der Waals surface area contributed by atoms with Crippen LogP contribution < -0.4 is 5.32 Å². The summed E-state index contributed by atoms with van der Waals surface area (Å²) >= 11 is 3.29. The SMILES string of the molecule is Cc1csc(CCCCNC(=O)c2cn(-c3ccccc3)nc2-c2cccs2)n1. The van der Waals surface area contributed by atoms with Crippen molar-refractivity contribution in [2.75, 3.05) is 6.54 Å². The molecule has 7 heteroatoms. The molecule has 1 N–H and O–H groups in total. The molecular weight excluding hydrogens is 400 g/mol. The van der Waals surface area contributed by atoms with Crippen molar-refractivity contribution in [2.24, 2.45) is 0 Å². The second-order valence-electron chi connectivity index (χ2n) is 6.74. The highest BCUT2D eigenvalue weighted by Gasteiger charge is 2.19. The molecule has 0 atom stereocenters. The van der Waals surface area contributed by atoms with Gasteiger partial charge in [0.25, 0.3) is 5.91 Å². The number of rotatable bonds is 8. The van der Waals surface area contributed by atoms with Gasteiger partial charge in [-0.05, 0) is 49.8 Å². The highest BCUT2D eigenvalue weighted by molar-refractivity contribution is 7.13. The Morgan fingerprint density at radius 3 is 2.69 bits per heavy atom. The number of amides is 1. The first-order valence-electron chi connectivity index (χ1n) is 9.59. The molecule has 3 heterocycles. The van der Waals surface area contributed by atoms with Gasteiger partial charge in [-0.15, -0.1) is 22.7 Å². The third-order valence-electron chi connectivity index (χ3n) is 4.50. The predicted molar refractivity (Wildman–Crippen MR) is 119 cm³/mol. The fourth-order valence-electron chi connectivity index (χ4n) is 3.06. The summed E-state index contributed by atoms with van der Waals surface area (Å²) in [6.45, 7) is 2.66. The molecule has 29 heavy (non-hydrogen) atoms. The van der Waals surface area contributed by atoms with E-state index in [1.165, 1.54) is 0 Å². The van der Waals surface area contributed by atoms with Gasteiger partial charge in [0, 0.05) is 23.8 Å². The maximum atomic E-state index is 12.9. The van der Waals surface area contributed by atoms with Crippen LogP contribution in [0.25, 0.3) is 16.3 Å². The summed E-state index contributed by atoms with van der Waals surface area (Å²) in [6.07, 6.45) is 4.71. The normalized spacial score (nSPS) is 10.9. The monoisotopic (exact) mass is 422 g/mol. The first kappa shape index (κ1) is 19.5. The number of hydrogen-bond acceptors (Lipinski definition) is 5.